The summed E-state index contributed by atoms with van der Waals surface area (Å²) in [6.45, 7) is 1.41. The molecule has 2 aromatic carbocycles. The van der Waals surface area contributed by atoms with Crippen LogP contribution in [0.2, 0.25) is 5.02 Å². The van der Waals surface area contributed by atoms with Crippen molar-refractivity contribution in [1.29, 1.82) is 0 Å². The van der Waals surface area contributed by atoms with Gasteiger partial charge in [0, 0.05) is 11.8 Å². The molecule has 1 amide bonds. The Morgan fingerprint density at radius 3 is 2.59 bits per heavy atom. The first-order valence-corrected chi connectivity index (χ1v) is 10.3. The fourth-order valence-electron chi connectivity index (χ4n) is 3.23. The molecule has 0 unspecified atom stereocenters. The maximum Gasteiger partial charge on any atom is 0.416 e. The molecule has 4 aromatic rings. The van der Waals surface area contributed by atoms with Crippen molar-refractivity contribution in [2.75, 3.05) is 5.32 Å². The SMILES string of the molecule is Cc1ccccc1-c1noc(-c2cccn(CC(=O)Nc3cc(C(F)(F)F)ccc3Cl)c2=O)n1. The Labute approximate surface area is 195 Å². The van der Waals surface area contributed by atoms with Crippen LogP contribution >= 0.6 is 11.6 Å². The van der Waals surface area contributed by atoms with E-state index in [-0.39, 0.29) is 22.2 Å². The Hall–Kier alpha value is -3.92. The number of alkyl halides is 3. The minimum absolute atomic E-state index is 0.0288. The highest BCUT2D eigenvalue weighted by atomic mass is 35.5. The molecule has 174 valence electrons. The number of nitrogens with zero attached hydrogens (tertiary/aromatic N) is 3. The molecule has 11 heteroatoms. The number of aromatic nitrogens is 3. The summed E-state index contributed by atoms with van der Waals surface area (Å²) >= 11 is 5.92. The fraction of sp³-hybridized carbons (Fsp3) is 0.130. The molecule has 2 aromatic heterocycles. The first-order chi connectivity index (χ1) is 16.1. The molecule has 0 spiro atoms. The molecule has 34 heavy (non-hydrogen) atoms. The van der Waals surface area contributed by atoms with Crippen LogP contribution in [0.5, 0.6) is 0 Å². The molecule has 0 aliphatic rings. The van der Waals surface area contributed by atoms with Gasteiger partial charge in [0.05, 0.1) is 16.3 Å². The zero-order valence-electron chi connectivity index (χ0n) is 17.6. The third kappa shape index (κ3) is 4.86. The molecular formula is C23H16ClF3N4O3. The number of hydrogen-bond acceptors (Lipinski definition) is 5. The van der Waals surface area contributed by atoms with E-state index in [1.165, 1.54) is 18.3 Å². The zero-order valence-corrected chi connectivity index (χ0v) is 18.3. The number of benzene rings is 2. The van der Waals surface area contributed by atoms with Crippen LogP contribution in [0.15, 0.2) is 70.1 Å². The second kappa shape index (κ2) is 9.14. The van der Waals surface area contributed by atoms with E-state index in [0.29, 0.717) is 5.82 Å². The summed E-state index contributed by atoms with van der Waals surface area (Å²) < 4.78 is 45.2. The van der Waals surface area contributed by atoms with E-state index in [2.05, 4.69) is 15.5 Å². The standard InChI is InChI=1S/C23H16ClF3N4O3/c1-13-5-2-3-6-15(13)20-29-21(34-30-20)16-7-4-10-31(22(16)33)12-19(32)28-18-11-14(23(25,26)27)8-9-17(18)24/h2-11H,12H2,1H3,(H,28,32). The van der Waals surface area contributed by atoms with Gasteiger partial charge in [-0.2, -0.15) is 18.2 Å². The highest BCUT2D eigenvalue weighted by molar-refractivity contribution is 6.33. The maximum absolute atomic E-state index is 13.0. The summed E-state index contributed by atoms with van der Waals surface area (Å²) in [4.78, 5) is 29.7. The number of nitrogens with one attached hydrogen (secondary N) is 1. The lowest BCUT2D eigenvalue weighted by atomic mass is 10.1. The van der Waals surface area contributed by atoms with Crippen molar-refractivity contribution in [3.63, 3.8) is 0 Å². The van der Waals surface area contributed by atoms with Crippen molar-refractivity contribution < 1.29 is 22.5 Å². The Morgan fingerprint density at radius 1 is 1.12 bits per heavy atom. The molecule has 4 rings (SSSR count). The number of anilines is 1. The third-order valence-electron chi connectivity index (χ3n) is 4.94. The molecule has 0 fully saturated rings. The predicted octanol–water partition coefficient (Wildman–Crippen LogP) is 5.18. The molecule has 0 saturated heterocycles. The van der Waals surface area contributed by atoms with E-state index in [0.717, 1.165) is 33.9 Å². The molecule has 0 bridgehead atoms. The van der Waals surface area contributed by atoms with E-state index in [1.807, 2.05) is 31.2 Å². The number of carbonyl (C=O) groups is 1. The molecule has 0 aliphatic carbocycles. The van der Waals surface area contributed by atoms with Gasteiger partial charge in [-0.1, -0.05) is 41.0 Å². The molecule has 0 atom stereocenters. The van der Waals surface area contributed by atoms with Crippen molar-refractivity contribution in [2.45, 2.75) is 19.6 Å². The monoisotopic (exact) mass is 488 g/mol. The van der Waals surface area contributed by atoms with Crippen LogP contribution in [0.25, 0.3) is 22.8 Å². The van der Waals surface area contributed by atoms with Crippen LogP contribution in [0.3, 0.4) is 0 Å². The van der Waals surface area contributed by atoms with Gasteiger partial charge >= 0.3 is 6.18 Å². The number of hydrogen-bond donors (Lipinski definition) is 1. The summed E-state index contributed by atoms with van der Waals surface area (Å²) in [5.74, 6) is -0.467. The summed E-state index contributed by atoms with van der Waals surface area (Å²) in [5.41, 5.74) is -0.0402. The number of amides is 1. The Balaban J connectivity index is 1.56. The highest BCUT2D eigenvalue weighted by Crippen LogP contribution is 2.33. The predicted molar refractivity (Wildman–Crippen MR) is 119 cm³/mol. The zero-order chi connectivity index (χ0) is 24.5. The Kier molecular flexibility index (Phi) is 6.25. The molecule has 0 saturated carbocycles. The molecule has 1 N–H and O–H groups in total. The normalized spacial score (nSPS) is 11.4. The van der Waals surface area contributed by atoms with Gasteiger partial charge in [-0.25, -0.2) is 0 Å². The van der Waals surface area contributed by atoms with Gasteiger partial charge in [0.25, 0.3) is 11.4 Å². The van der Waals surface area contributed by atoms with E-state index in [9.17, 15) is 22.8 Å². The van der Waals surface area contributed by atoms with Gasteiger partial charge in [-0.15, -0.1) is 0 Å². The third-order valence-corrected chi connectivity index (χ3v) is 5.27. The Bertz CT molecular complexity index is 1430. The molecule has 2 heterocycles. The van der Waals surface area contributed by atoms with Gasteiger partial charge in [-0.3, -0.25) is 9.59 Å². The highest BCUT2D eigenvalue weighted by Gasteiger charge is 2.31. The average molecular weight is 489 g/mol. The van der Waals surface area contributed by atoms with Crippen molar-refractivity contribution >= 4 is 23.2 Å². The molecular weight excluding hydrogens is 473 g/mol. The number of pyridine rings is 1. The van der Waals surface area contributed by atoms with Crippen molar-refractivity contribution in [2.24, 2.45) is 0 Å². The van der Waals surface area contributed by atoms with Gasteiger partial charge in [0.2, 0.25) is 11.7 Å². The van der Waals surface area contributed by atoms with Crippen molar-refractivity contribution in [1.82, 2.24) is 14.7 Å². The van der Waals surface area contributed by atoms with Crippen LogP contribution in [0.1, 0.15) is 11.1 Å². The summed E-state index contributed by atoms with van der Waals surface area (Å²) in [6.07, 6.45) is -3.24. The van der Waals surface area contributed by atoms with Crippen LogP contribution in [0, 0.1) is 6.92 Å². The van der Waals surface area contributed by atoms with Crippen LogP contribution < -0.4 is 10.9 Å². The molecule has 7 nitrogen and oxygen atoms in total. The number of aryl methyl sites for hydroxylation is 1. The average Bonchev–Trinajstić information content (AvgIpc) is 3.26. The lowest BCUT2D eigenvalue weighted by molar-refractivity contribution is -0.137. The van der Waals surface area contributed by atoms with Gasteiger partial charge < -0.3 is 14.4 Å². The number of rotatable bonds is 5. The van der Waals surface area contributed by atoms with Crippen LogP contribution in [0.4, 0.5) is 18.9 Å². The minimum atomic E-state index is -4.60. The summed E-state index contributed by atoms with van der Waals surface area (Å²) in [6, 6.07) is 12.9. The van der Waals surface area contributed by atoms with Crippen molar-refractivity contribution in [3.05, 3.63) is 87.3 Å². The van der Waals surface area contributed by atoms with E-state index in [4.69, 9.17) is 16.1 Å². The second-order valence-electron chi connectivity index (χ2n) is 7.33. The smallest absolute Gasteiger partial charge is 0.333 e. The van der Waals surface area contributed by atoms with Gasteiger partial charge in [0.15, 0.2) is 0 Å². The van der Waals surface area contributed by atoms with Gasteiger partial charge in [-0.05, 0) is 42.8 Å². The molecule has 0 aliphatic heterocycles. The lowest BCUT2D eigenvalue weighted by Crippen LogP contribution is -2.28. The van der Waals surface area contributed by atoms with E-state index >= 15 is 0 Å². The summed E-state index contributed by atoms with van der Waals surface area (Å²) in [7, 11) is 0. The van der Waals surface area contributed by atoms with Crippen LogP contribution in [-0.4, -0.2) is 20.6 Å². The molecule has 0 radical (unpaired) electrons. The number of carbonyl (C=O) groups excluding carboxylic acids is 1. The van der Waals surface area contributed by atoms with Crippen molar-refractivity contribution in [3.8, 4) is 22.8 Å². The first kappa shape index (κ1) is 23.2. The minimum Gasteiger partial charge on any atom is -0.333 e. The topological polar surface area (TPSA) is 90.0 Å². The van der Waals surface area contributed by atoms with Gasteiger partial charge in [0.1, 0.15) is 12.1 Å². The van der Waals surface area contributed by atoms with E-state index in [1.54, 1.807) is 0 Å². The first-order valence-electron chi connectivity index (χ1n) is 9.89. The lowest BCUT2D eigenvalue weighted by Gasteiger charge is -2.12. The quantitative estimate of drug-likeness (QED) is 0.418. The fourth-order valence-corrected chi connectivity index (χ4v) is 3.40. The second-order valence-corrected chi connectivity index (χ2v) is 7.74. The maximum atomic E-state index is 13.0. The van der Waals surface area contributed by atoms with E-state index < -0.39 is 29.8 Å². The summed E-state index contributed by atoms with van der Waals surface area (Å²) in [5, 5.41) is 6.16. The largest absolute Gasteiger partial charge is 0.416 e. The van der Waals surface area contributed by atoms with Crippen LogP contribution in [-0.2, 0) is 17.5 Å². The Morgan fingerprint density at radius 2 is 1.85 bits per heavy atom. The number of halogens is 4.